The number of methoxy groups -OCH3 is 2. The predicted octanol–water partition coefficient (Wildman–Crippen LogP) is 4.95. The molecule has 0 saturated carbocycles. The number of nitro groups is 1. The minimum atomic E-state index is -0.451. The largest absolute Gasteiger partial charge is 0.507 e. The summed E-state index contributed by atoms with van der Waals surface area (Å²) < 4.78 is 16.4. The zero-order valence-corrected chi connectivity index (χ0v) is 17.9. The number of rotatable bonds is 8. The lowest BCUT2D eigenvalue weighted by molar-refractivity contribution is -0.384. The van der Waals surface area contributed by atoms with Crippen molar-refractivity contribution in [2.75, 3.05) is 14.2 Å². The van der Waals surface area contributed by atoms with Gasteiger partial charge in [0.1, 0.15) is 18.1 Å². The lowest BCUT2D eigenvalue weighted by Gasteiger charge is -2.12. The molecule has 168 valence electrons. The van der Waals surface area contributed by atoms with Crippen molar-refractivity contribution in [2.24, 2.45) is 0 Å². The molecule has 0 amide bonds. The number of aromatic nitrogens is 2. The van der Waals surface area contributed by atoms with Crippen LogP contribution in [0.3, 0.4) is 0 Å². The fraction of sp³-hybridized carbons (Fsp3) is 0.125. The number of ether oxygens (including phenoxy) is 3. The van der Waals surface area contributed by atoms with Gasteiger partial charge in [-0.05, 0) is 47.5 Å². The van der Waals surface area contributed by atoms with E-state index in [9.17, 15) is 15.2 Å². The molecular formula is C24H21N3O6. The molecule has 0 aliphatic carbocycles. The molecule has 1 aromatic heterocycles. The monoisotopic (exact) mass is 447 g/mol. The van der Waals surface area contributed by atoms with Gasteiger partial charge in [-0.2, -0.15) is 5.10 Å². The Balaban J connectivity index is 1.55. The number of phenolic OH excluding ortho intramolecular Hbond substituents is 1. The highest BCUT2D eigenvalue weighted by atomic mass is 16.6. The zero-order chi connectivity index (χ0) is 23.4. The molecule has 0 spiro atoms. The van der Waals surface area contributed by atoms with Gasteiger partial charge in [-0.15, -0.1) is 0 Å². The van der Waals surface area contributed by atoms with Crippen LogP contribution in [0.15, 0.2) is 66.9 Å². The first-order valence-corrected chi connectivity index (χ1v) is 9.95. The Bertz CT molecular complexity index is 1280. The summed E-state index contributed by atoms with van der Waals surface area (Å²) in [6, 6.07) is 16.6. The summed E-state index contributed by atoms with van der Waals surface area (Å²) in [5.41, 5.74) is 3.61. The van der Waals surface area contributed by atoms with Gasteiger partial charge in [-0.1, -0.05) is 6.07 Å². The molecule has 2 N–H and O–H groups in total. The summed E-state index contributed by atoms with van der Waals surface area (Å²) in [5, 5.41) is 28.5. The molecule has 0 bridgehead atoms. The average molecular weight is 447 g/mol. The molecule has 33 heavy (non-hydrogen) atoms. The molecule has 4 rings (SSSR count). The number of H-pyrrole nitrogens is 1. The van der Waals surface area contributed by atoms with Gasteiger partial charge < -0.3 is 19.3 Å². The molecule has 0 aliphatic rings. The van der Waals surface area contributed by atoms with Crippen LogP contribution in [-0.2, 0) is 6.61 Å². The van der Waals surface area contributed by atoms with Gasteiger partial charge in [-0.3, -0.25) is 15.2 Å². The number of non-ortho nitro benzene ring substituents is 1. The first kappa shape index (κ1) is 21.7. The molecule has 0 atom stereocenters. The van der Waals surface area contributed by atoms with Crippen molar-refractivity contribution >= 4 is 5.69 Å². The van der Waals surface area contributed by atoms with Crippen molar-refractivity contribution in [1.29, 1.82) is 0 Å². The van der Waals surface area contributed by atoms with Crippen LogP contribution in [0.4, 0.5) is 5.69 Å². The Labute approximate surface area is 189 Å². The molecule has 0 aliphatic heterocycles. The molecule has 1 heterocycles. The average Bonchev–Trinajstić information content (AvgIpc) is 3.32. The fourth-order valence-electron chi connectivity index (χ4n) is 3.41. The van der Waals surface area contributed by atoms with Crippen molar-refractivity contribution in [3.05, 3.63) is 82.5 Å². The maximum atomic E-state index is 10.8. The third-order valence-corrected chi connectivity index (χ3v) is 5.13. The highest BCUT2D eigenvalue weighted by Gasteiger charge is 2.16. The second kappa shape index (κ2) is 9.31. The van der Waals surface area contributed by atoms with Crippen LogP contribution in [0.2, 0.25) is 0 Å². The normalized spacial score (nSPS) is 10.6. The van der Waals surface area contributed by atoms with Crippen molar-refractivity contribution in [3.8, 4) is 45.4 Å². The maximum absolute atomic E-state index is 10.8. The van der Waals surface area contributed by atoms with E-state index in [0.29, 0.717) is 28.5 Å². The summed E-state index contributed by atoms with van der Waals surface area (Å²) in [7, 11) is 3.14. The molecule has 0 radical (unpaired) electrons. The Hall–Kier alpha value is -4.53. The molecular weight excluding hydrogens is 426 g/mol. The minimum Gasteiger partial charge on any atom is -0.507 e. The minimum absolute atomic E-state index is 0.0159. The quantitative estimate of drug-likeness (QED) is 0.289. The highest BCUT2D eigenvalue weighted by molar-refractivity contribution is 5.84. The van der Waals surface area contributed by atoms with E-state index < -0.39 is 4.92 Å². The number of aromatic amines is 1. The zero-order valence-electron chi connectivity index (χ0n) is 17.9. The van der Waals surface area contributed by atoms with Crippen molar-refractivity contribution in [1.82, 2.24) is 10.2 Å². The van der Waals surface area contributed by atoms with Gasteiger partial charge >= 0.3 is 0 Å². The molecule has 0 saturated heterocycles. The molecule has 3 aromatic carbocycles. The van der Waals surface area contributed by atoms with E-state index in [0.717, 1.165) is 16.7 Å². The topological polar surface area (TPSA) is 120 Å². The predicted molar refractivity (Wildman–Crippen MR) is 122 cm³/mol. The van der Waals surface area contributed by atoms with Crippen LogP contribution in [0, 0.1) is 10.1 Å². The van der Waals surface area contributed by atoms with Gasteiger partial charge in [-0.25, -0.2) is 0 Å². The summed E-state index contributed by atoms with van der Waals surface area (Å²) >= 11 is 0. The van der Waals surface area contributed by atoms with Crippen LogP contribution >= 0.6 is 0 Å². The highest BCUT2D eigenvalue weighted by Crippen LogP contribution is 2.39. The van der Waals surface area contributed by atoms with Crippen LogP contribution in [0.1, 0.15) is 5.56 Å². The van der Waals surface area contributed by atoms with E-state index in [1.54, 1.807) is 50.7 Å². The van der Waals surface area contributed by atoms with Gasteiger partial charge in [0.2, 0.25) is 0 Å². The SMILES string of the molecule is COc1ccc(-c2cn[nH]c2-c2ccc(OCc3ccc([N+](=O)[O-])cc3)cc2O)cc1OC. The van der Waals surface area contributed by atoms with E-state index in [1.165, 1.54) is 18.2 Å². The van der Waals surface area contributed by atoms with Crippen molar-refractivity contribution < 1.29 is 24.2 Å². The van der Waals surface area contributed by atoms with E-state index >= 15 is 0 Å². The van der Waals surface area contributed by atoms with Gasteiger partial charge in [0.05, 0.1) is 31.0 Å². The number of phenols is 1. The Morgan fingerprint density at radius 2 is 1.73 bits per heavy atom. The lowest BCUT2D eigenvalue weighted by atomic mass is 10.0. The van der Waals surface area contributed by atoms with E-state index in [-0.39, 0.29) is 18.0 Å². The lowest BCUT2D eigenvalue weighted by Crippen LogP contribution is -1.96. The summed E-state index contributed by atoms with van der Waals surface area (Å²) in [4.78, 5) is 10.3. The van der Waals surface area contributed by atoms with Gasteiger partial charge in [0.15, 0.2) is 11.5 Å². The first-order valence-electron chi connectivity index (χ1n) is 9.95. The second-order valence-electron chi connectivity index (χ2n) is 7.12. The smallest absolute Gasteiger partial charge is 0.269 e. The number of benzene rings is 3. The molecule has 9 heteroatoms. The summed E-state index contributed by atoms with van der Waals surface area (Å²) in [5.74, 6) is 1.67. The Kier molecular flexibility index (Phi) is 6.12. The van der Waals surface area contributed by atoms with Crippen molar-refractivity contribution in [3.63, 3.8) is 0 Å². The van der Waals surface area contributed by atoms with Gasteiger partial charge in [0.25, 0.3) is 5.69 Å². The molecule has 9 nitrogen and oxygen atoms in total. The third-order valence-electron chi connectivity index (χ3n) is 5.13. The van der Waals surface area contributed by atoms with Crippen LogP contribution in [-0.4, -0.2) is 34.4 Å². The van der Waals surface area contributed by atoms with Crippen LogP contribution in [0.5, 0.6) is 23.0 Å². The number of aromatic hydroxyl groups is 1. The maximum Gasteiger partial charge on any atom is 0.269 e. The molecule has 0 fully saturated rings. The van der Waals surface area contributed by atoms with Crippen LogP contribution < -0.4 is 14.2 Å². The number of nitrogens with one attached hydrogen (secondary N) is 1. The van der Waals surface area contributed by atoms with Crippen LogP contribution in [0.25, 0.3) is 22.4 Å². The summed E-state index contributed by atoms with van der Waals surface area (Å²) in [6.07, 6.45) is 1.68. The Morgan fingerprint density at radius 3 is 2.39 bits per heavy atom. The first-order chi connectivity index (χ1) is 16.0. The number of nitrogens with zero attached hydrogens (tertiary/aromatic N) is 2. The van der Waals surface area contributed by atoms with E-state index in [1.807, 2.05) is 12.1 Å². The number of nitro benzene ring substituents is 1. The Morgan fingerprint density at radius 1 is 0.970 bits per heavy atom. The van der Waals surface area contributed by atoms with Gasteiger partial charge in [0, 0.05) is 29.3 Å². The molecule has 0 unspecified atom stereocenters. The fourth-order valence-corrected chi connectivity index (χ4v) is 3.41. The summed E-state index contributed by atoms with van der Waals surface area (Å²) in [6.45, 7) is 0.206. The number of hydrogen-bond donors (Lipinski definition) is 2. The van der Waals surface area contributed by atoms with E-state index in [4.69, 9.17) is 14.2 Å². The second-order valence-corrected chi connectivity index (χ2v) is 7.12. The standard InChI is InChI=1S/C24H21N3O6/c1-31-22-10-5-16(11-23(22)32-2)20-13-25-26-24(20)19-9-8-18(12-21(19)28)33-14-15-3-6-17(7-4-15)27(29)30/h3-13,28H,14H2,1-2H3,(H,25,26). The number of hydrogen-bond acceptors (Lipinski definition) is 7. The van der Waals surface area contributed by atoms with Crippen molar-refractivity contribution in [2.45, 2.75) is 6.61 Å². The third kappa shape index (κ3) is 4.57. The van der Waals surface area contributed by atoms with E-state index in [2.05, 4.69) is 10.2 Å². The molecule has 4 aromatic rings.